The summed E-state index contributed by atoms with van der Waals surface area (Å²) >= 11 is 5.93. The number of nitrogen functional groups attached to an aromatic ring is 1. The number of hydrogen-bond donors (Lipinski definition) is 2. The first-order valence-corrected chi connectivity index (χ1v) is 6.25. The van der Waals surface area contributed by atoms with E-state index < -0.39 is 5.91 Å². The number of ether oxygens (including phenoxy) is 1. The van der Waals surface area contributed by atoms with Crippen LogP contribution in [0.3, 0.4) is 0 Å². The van der Waals surface area contributed by atoms with E-state index in [4.69, 9.17) is 27.3 Å². The van der Waals surface area contributed by atoms with Gasteiger partial charge in [-0.15, -0.1) is 0 Å². The van der Waals surface area contributed by atoms with E-state index in [9.17, 15) is 4.79 Å². The summed E-state index contributed by atoms with van der Waals surface area (Å²) in [6.07, 6.45) is 0. The third-order valence-electron chi connectivity index (χ3n) is 2.69. The average molecular weight is 303 g/mol. The molecule has 0 radical (unpaired) electrons. The molecule has 0 atom stereocenters. The van der Waals surface area contributed by atoms with Crippen LogP contribution in [0.2, 0.25) is 5.02 Å². The summed E-state index contributed by atoms with van der Waals surface area (Å²) in [5.41, 5.74) is 6.05. The molecule has 0 saturated carbocycles. The largest absolute Gasteiger partial charge is 0.495 e. The number of carbonyl (C=O) groups excluding carboxylic acids is 1. The number of methoxy groups -OCH3 is 1. The lowest BCUT2D eigenvalue weighted by Gasteiger charge is -2.12. The monoisotopic (exact) mass is 302 g/mol. The Bertz CT molecular complexity index is 740. The van der Waals surface area contributed by atoms with Crippen LogP contribution >= 0.6 is 11.6 Å². The van der Waals surface area contributed by atoms with Crippen molar-refractivity contribution in [2.75, 3.05) is 18.2 Å². The highest BCUT2D eigenvalue weighted by atomic mass is 35.5. The lowest BCUT2D eigenvalue weighted by atomic mass is 10.1. The summed E-state index contributed by atoms with van der Waals surface area (Å²) in [7, 11) is 1.44. The van der Waals surface area contributed by atoms with Crippen molar-refractivity contribution in [1.82, 2.24) is 4.98 Å². The van der Waals surface area contributed by atoms with Crippen molar-refractivity contribution in [1.29, 1.82) is 5.26 Å². The quantitative estimate of drug-likeness (QED) is 0.907. The van der Waals surface area contributed by atoms with Gasteiger partial charge in [0, 0.05) is 0 Å². The second-order valence-corrected chi connectivity index (χ2v) is 4.42. The van der Waals surface area contributed by atoms with Gasteiger partial charge in [-0.05, 0) is 24.3 Å². The Morgan fingerprint density at radius 3 is 2.86 bits per heavy atom. The summed E-state index contributed by atoms with van der Waals surface area (Å²) in [4.78, 5) is 16.1. The van der Waals surface area contributed by atoms with E-state index in [1.165, 1.54) is 19.2 Å². The number of amides is 1. The number of benzene rings is 1. The van der Waals surface area contributed by atoms with E-state index in [1.807, 2.05) is 6.07 Å². The SMILES string of the molecule is COc1cccc(C#N)c1NC(=O)c1nc(N)ccc1Cl. The molecule has 0 aliphatic rings. The van der Waals surface area contributed by atoms with Gasteiger partial charge in [-0.1, -0.05) is 17.7 Å². The van der Waals surface area contributed by atoms with Crippen LogP contribution in [0, 0.1) is 11.3 Å². The van der Waals surface area contributed by atoms with Crippen molar-refractivity contribution in [3.63, 3.8) is 0 Å². The minimum Gasteiger partial charge on any atom is -0.495 e. The predicted molar refractivity (Wildman–Crippen MR) is 79.3 cm³/mol. The van der Waals surface area contributed by atoms with E-state index >= 15 is 0 Å². The highest BCUT2D eigenvalue weighted by molar-refractivity contribution is 6.34. The number of nitriles is 1. The molecule has 0 spiro atoms. The average Bonchev–Trinajstić information content (AvgIpc) is 2.49. The normalized spacial score (nSPS) is 9.76. The standard InChI is InChI=1S/C14H11ClN4O2/c1-21-10-4-2-3-8(7-16)12(10)19-14(20)13-9(15)5-6-11(17)18-13/h2-6H,1H3,(H2,17,18)(H,19,20). The van der Waals surface area contributed by atoms with Gasteiger partial charge in [0.05, 0.1) is 17.7 Å². The number of para-hydroxylation sites is 1. The van der Waals surface area contributed by atoms with Crippen LogP contribution in [0.1, 0.15) is 16.1 Å². The number of carbonyl (C=O) groups is 1. The molecule has 3 N–H and O–H groups in total. The molecule has 0 unspecified atom stereocenters. The third kappa shape index (κ3) is 3.04. The first-order chi connectivity index (χ1) is 10.1. The number of nitrogens with two attached hydrogens (primary N) is 1. The maximum absolute atomic E-state index is 12.2. The summed E-state index contributed by atoms with van der Waals surface area (Å²) in [5, 5.41) is 11.8. The number of aromatic nitrogens is 1. The molecule has 106 valence electrons. The summed E-state index contributed by atoms with van der Waals surface area (Å²) in [5.74, 6) is -0.0409. The fraction of sp³-hybridized carbons (Fsp3) is 0.0714. The lowest BCUT2D eigenvalue weighted by Crippen LogP contribution is -2.16. The van der Waals surface area contributed by atoms with Gasteiger partial charge in [-0.2, -0.15) is 5.26 Å². The van der Waals surface area contributed by atoms with Gasteiger partial charge in [-0.25, -0.2) is 4.98 Å². The Labute approximate surface area is 126 Å². The van der Waals surface area contributed by atoms with Crippen molar-refractivity contribution in [2.24, 2.45) is 0 Å². The molecule has 1 aromatic heterocycles. The molecule has 1 amide bonds. The van der Waals surface area contributed by atoms with Gasteiger partial charge in [0.2, 0.25) is 0 Å². The summed E-state index contributed by atoms with van der Waals surface area (Å²) in [6.45, 7) is 0. The summed E-state index contributed by atoms with van der Waals surface area (Å²) in [6, 6.07) is 9.79. The fourth-order valence-electron chi connectivity index (χ4n) is 1.71. The minimum atomic E-state index is -0.576. The summed E-state index contributed by atoms with van der Waals surface area (Å²) < 4.78 is 5.13. The predicted octanol–water partition coefficient (Wildman–Crippen LogP) is 2.45. The fourth-order valence-corrected chi connectivity index (χ4v) is 1.90. The number of pyridine rings is 1. The molecule has 1 heterocycles. The maximum Gasteiger partial charge on any atom is 0.276 e. The second-order valence-electron chi connectivity index (χ2n) is 4.02. The van der Waals surface area contributed by atoms with E-state index in [2.05, 4.69) is 10.3 Å². The molecule has 0 aliphatic heterocycles. The van der Waals surface area contributed by atoms with Gasteiger partial charge in [0.25, 0.3) is 5.91 Å². The molecule has 1 aromatic carbocycles. The molecule has 6 nitrogen and oxygen atoms in total. The van der Waals surface area contributed by atoms with Gasteiger partial charge in [-0.3, -0.25) is 4.79 Å². The van der Waals surface area contributed by atoms with Gasteiger partial charge < -0.3 is 15.8 Å². The number of nitrogens with one attached hydrogen (secondary N) is 1. The molecule has 0 bridgehead atoms. The first kappa shape index (κ1) is 14.6. The molecular weight excluding hydrogens is 292 g/mol. The van der Waals surface area contributed by atoms with Crippen molar-refractivity contribution in [3.05, 3.63) is 46.6 Å². The number of nitrogens with zero attached hydrogens (tertiary/aromatic N) is 2. The van der Waals surface area contributed by atoms with Crippen molar-refractivity contribution in [2.45, 2.75) is 0 Å². The Hall–Kier alpha value is -2.78. The van der Waals surface area contributed by atoms with E-state index in [0.29, 0.717) is 5.75 Å². The number of rotatable bonds is 3. The van der Waals surface area contributed by atoms with Crippen molar-refractivity contribution >= 4 is 29.0 Å². The van der Waals surface area contributed by atoms with Crippen LogP contribution in [0.25, 0.3) is 0 Å². The molecule has 2 aromatic rings. The molecule has 7 heteroatoms. The van der Waals surface area contributed by atoms with Crippen LogP contribution in [0.4, 0.5) is 11.5 Å². The van der Waals surface area contributed by atoms with Gasteiger partial charge in [0.15, 0.2) is 0 Å². The molecular formula is C14H11ClN4O2. The number of halogens is 1. The first-order valence-electron chi connectivity index (χ1n) is 5.87. The topological polar surface area (TPSA) is 101 Å². The Morgan fingerprint density at radius 1 is 1.43 bits per heavy atom. The zero-order valence-electron chi connectivity index (χ0n) is 11.1. The highest BCUT2D eigenvalue weighted by Crippen LogP contribution is 2.28. The van der Waals surface area contributed by atoms with Gasteiger partial charge in [0.1, 0.15) is 29.0 Å². The molecule has 0 saturated heterocycles. The lowest BCUT2D eigenvalue weighted by molar-refractivity contribution is 0.102. The van der Waals surface area contributed by atoms with Crippen molar-refractivity contribution < 1.29 is 9.53 Å². The molecule has 21 heavy (non-hydrogen) atoms. The van der Waals surface area contributed by atoms with E-state index in [-0.39, 0.29) is 27.8 Å². The van der Waals surface area contributed by atoms with Crippen molar-refractivity contribution in [3.8, 4) is 11.8 Å². The number of hydrogen-bond acceptors (Lipinski definition) is 5. The van der Waals surface area contributed by atoms with E-state index in [0.717, 1.165) is 0 Å². The third-order valence-corrected chi connectivity index (χ3v) is 2.99. The highest BCUT2D eigenvalue weighted by Gasteiger charge is 2.17. The van der Waals surface area contributed by atoms with Crippen LogP contribution in [0.15, 0.2) is 30.3 Å². The minimum absolute atomic E-state index is 0.0218. The van der Waals surface area contributed by atoms with Gasteiger partial charge >= 0.3 is 0 Å². The van der Waals surface area contributed by atoms with Crippen LogP contribution < -0.4 is 15.8 Å². The van der Waals surface area contributed by atoms with Crippen LogP contribution in [0.5, 0.6) is 5.75 Å². The second kappa shape index (κ2) is 6.11. The molecule has 0 fully saturated rings. The Balaban J connectivity index is 2.41. The molecule has 0 aliphatic carbocycles. The molecule has 2 rings (SSSR count). The maximum atomic E-state index is 12.2. The zero-order valence-corrected chi connectivity index (χ0v) is 11.8. The van der Waals surface area contributed by atoms with Crippen LogP contribution in [-0.4, -0.2) is 18.0 Å². The smallest absolute Gasteiger partial charge is 0.276 e. The zero-order chi connectivity index (χ0) is 15.4. The van der Waals surface area contributed by atoms with E-state index in [1.54, 1.807) is 18.2 Å². The Morgan fingerprint density at radius 2 is 2.19 bits per heavy atom. The number of anilines is 2. The van der Waals surface area contributed by atoms with Crippen LogP contribution in [-0.2, 0) is 0 Å². The Kier molecular flexibility index (Phi) is 4.26.